The first-order valence-electron chi connectivity index (χ1n) is 29.3. The van der Waals surface area contributed by atoms with E-state index < -0.39 is 77.4 Å². The fraction of sp³-hybridized carbons (Fsp3) is 0.710. The molecule has 5 amide bonds. The first-order chi connectivity index (χ1) is 37.3. The lowest BCUT2D eigenvalue weighted by atomic mass is 9.43. The van der Waals surface area contributed by atoms with E-state index in [0.29, 0.717) is 61.5 Å². The second-order valence-corrected chi connectivity index (χ2v) is 26.3. The van der Waals surface area contributed by atoms with Crippen LogP contribution in [-0.2, 0) is 55.9 Å². The lowest BCUT2D eigenvalue weighted by Gasteiger charge is -2.64. The second kappa shape index (κ2) is 24.4. The van der Waals surface area contributed by atoms with Gasteiger partial charge in [0.05, 0.1) is 32.5 Å². The summed E-state index contributed by atoms with van der Waals surface area (Å²) in [5.74, 6) is -1.34. The zero-order valence-electron chi connectivity index (χ0n) is 48.8. The third-order valence-electron chi connectivity index (χ3n) is 19.3. The number of benzene rings is 2. The number of hydrogen-bond acceptors (Lipinski definition) is 12. The summed E-state index contributed by atoms with van der Waals surface area (Å²) in [5, 5.41) is 22.7. The van der Waals surface area contributed by atoms with Crippen LogP contribution in [0, 0.1) is 58.2 Å². The van der Waals surface area contributed by atoms with Gasteiger partial charge in [0.1, 0.15) is 42.6 Å². The van der Waals surface area contributed by atoms with Crippen LogP contribution in [0.5, 0.6) is 5.75 Å². The molecule has 17 heteroatoms. The zero-order chi connectivity index (χ0) is 57.2. The molecule has 2 heterocycles. The molecular formula is C62H91N5O12. The Kier molecular flexibility index (Phi) is 18.5. The maximum absolute atomic E-state index is 15.8. The van der Waals surface area contributed by atoms with Crippen molar-refractivity contribution in [3.8, 4) is 5.75 Å². The lowest BCUT2D eigenvalue weighted by Crippen LogP contribution is -2.65. The van der Waals surface area contributed by atoms with Crippen molar-refractivity contribution in [1.29, 1.82) is 0 Å². The summed E-state index contributed by atoms with van der Waals surface area (Å²) in [6.07, 6.45) is 6.31. The van der Waals surface area contributed by atoms with Gasteiger partial charge in [0.15, 0.2) is 5.79 Å². The van der Waals surface area contributed by atoms with Gasteiger partial charge >= 0.3 is 12.1 Å². The molecule has 0 bridgehead atoms. The number of fused-ring (bicyclic) bond motifs is 7. The predicted octanol–water partition coefficient (Wildman–Crippen LogP) is 7.64. The van der Waals surface area contributed by atoms with E-state index in [0.717, 1.165) is 44.1 Å². The van der Waals surface area contributed by atoms with E-state index in [2.05, 4.69) is 49.0 Å². The fourth-order valence-electron chi connectivity index (χ4n) is 15.4. The van der Waals surface area contributed by atoms with Crippen molar-refractivity contribution in [3.05, 3.63) is 65.7 Å². The maximum Gasteiger partial charge on any atom is 0.408 e. The van der Waals surface area contributed by atoms with Crippen LogP contribution in [0.4, 0.5) is 4.79 Å². The van der Waals surface area contributed by atoms with Crippen molar-refractivity contribution in [3.63, 3.8) is 0 Å². The number of amides is 5. The van der Waals surface area contributed by atoms with Crippen LogP contribution in [-0.4, -0.2) is 120 Å². The monoisotopic (exact) mass is 1100 g/mol. The molecule has 5 N–H and O–H groups in total. The van der Waals surface area contributed by atoms with E-state index in [-0.39, 0.29) is 72.5 Å². The van der Waals surface area contributed by atoms with Gasteiger partial charge in [0, 0.05) is 24.8 Å². The Morgan fingerprint density at radius 3 is 2.16 bits per heavy atom. The van der Waals surface area contributed by atoms with Gasteiger partial charge in [-0.2, -0.15) is 0 Å². The van der Waals surface area contributed by atoms with Crippen molar-refractivity contribution >= 4 is 35.7 Å². The number of rotatable bonds is 18. The van der Waals surface area contributed by atoms with E-state index in [1.807, 2.05) is 56.3 Å². The quantitative estimate of drug-likeness (QED) is 0.0910. The molecule has 2 saturated heterocycles. The number of methoxy groups -OCH3 is 1. The van der Waals surface area contributed by atoms with E-state index in [9.17, 15) is 29.1 Å². The second-order valence-electron chi connectivity index (χ2n) is 26.3. The fourth-order valence-corrected chi connectivity index (χ4v) is 15.4. The molecule has 0 unspecified atom stereocenters. The molecule has 436 valence electrons. The van der Waals surface area contributed by atoms with Crippen LogP contribution in [0.25, 0.3) is 0 Å². The summed E-state index contributed by atoms with van der Waals surface area (Å²) in [6, 6.07) is 13.0. The van der Waals surface area contributed by atoms with Crippen molar-refractivity contribution in [2.24, 2.45) is 58.2 Å². The summed E-state index contributed by atoms with van der Waals surface area (Å²) >= 11 is 0. The topological polar surface area (TPSA) is 220 Å². The summed E-state index contributed by atoms with van der Waals surface area (Å²) in [6.45, 7) is 20.2. The Labute approximate surface area is 468 Å². The van der Waals surface area contributed by atoms with Gasteiger partial charge in [-0.15, -0.1) is 0 Å². The smallest absolute Gasteiger partial charge is 0.408 e. The molecule has 0 aromatic heterocycles. The number of aliphatic hydroxyl groups excluding tert-OH is 1. The van der Waals surface area contributed by atoms with Crippen molar-refractivity contribution in [2.75, 3.05) is 26.8 Å². The van der Waals surface area contributed by atoms with E-state index in [1.165, 1.54) is 14.0 Å². The Bertz CT molecular complexity index is 2480. The first kappa shape index (κ1) is 59.9. The first-order valence-corrected chi connectivity index (χ1v) is 29.3. The minimum atomic E-state index is -1.18. The number of alkyl carbamates (subject to hydrolysis) is 1. The normalized spacial score (nSPS) is 32.9. The molecule has 16 atom stereocenters. The highest BCUT2D eigenvalue weighted by molar-refractivity contribution is 5.95. The van der Waals surface area contributed by atoms with Crippen LogP contribution in [0.1, 0.15) is 145 Å². The SMILES string of the molecule is COC(=O)CNC(=O)CN(C(=O)[C@H](CC(C)C)NC(=O)[C@H](C)NC(=O)[C@H](Cc1ccc(OCc2ccccc2)cc1)NC(=O)OC(C)(C)C)[C@H]1C[C@@H]2[C@H](CC[C@]3(C)[C@@H]4[C@H](C[C@@H]23)O[C@]2(CC[C@@H](C)CO2)[C@H]4C)[C@@]2(C)CC[C@H](O)C[C@H]12. The molecule has 4 saturated carbocycles. The number of hydrogen-bond donors (Lipinski definition) is 5. The Morgan fingerprint density at radius 1 is 0.797 bits per heavy atom. The summed E-state index contributed by atoms with van der Waals surface area (Å²) in [4.78, 5) is 85.9. The Morgan fingerprint density at radius 2 is 1.51 bits per heavy atom. The van der Waals surface area contributed by atoms with Crippen LogP contribution in [0.2, 0.25) is 0 Å². The molecule has 2 aromatic rings. The molecular weight excluding hydrogens is 1010 g/mol. The lowest BCUT2D eigenvalue weighted by molar-refractivity contribution is -0.273. The highest BCUT2D eigenvalue weighted by Gasteiger charge is 2.70. The Balaban J connectivity index is 1.04. The minimum absolute atomic E-state index is 0.0460. The molecule has 0 radical (unpaired) electrons. The Hall–Kier alpha value is -5.26. The van der Waals surface area contributed by atoms with Crippen LogP contribution in [0.15, 0.2) is 54.6 Å². The summed E-state index contributed by atoms with van der Waals surface area (Å²) in [7, 11) is 1.24. The number of carbonyl (C=O) groups excluding carboxylic acids is 6. The maximum atomic E-state index is 15.8. The molecule has 17 nitrogen and oxygen atoms in total. The third kappa shape index (κ3) is 13.4. The standard InChI is InChI=1S/C62H91N5O12/c1-36(2)27-49(65-55(71)39(5)64-56(72)48(66-58(74)79-59(6,7)8)28-40-17-19-43(20-18-40)76-35-41-15-13-12-14-16-41)57(73)67(33-52(69)63-32-53(70)75-11)50-30-44-45(60(9)24-22-42(68)29-47(50)60)23-25-61(10)46(44)31-51-54(61)38(4)62(78-51)26-21-37(3)34-77-62/h12-20,36-39,42,44-51,54,68H,21-35H2,1-11H3,(H,63,69)(H,64,72)(H,65,71)(H,66,74)/t37-,38+,39+,42+,44-,45+,46+,47-,48+,49+,50+,51+,54+,60-,61+,62-/m1/s1. The van der Waals surface area contributed by atoms with Crippen molar-refractivity contribution in [2.45, 2.75) is 194 Å². The van der Waals surface area contributed by atoms with Gasteiger partial charge in [0.25, 0.3) is 0 Å². The molecule has 79 heavy (non-hydrogen) atoms. The molecule has 2 aliphatic heterocycles. The van der Waals surface area contributed by atoms with Gasteiger partial charge in [-0.05, 0) is 161 Å². The van der Waals surface area contributed by atoms with Gasteiger partial charge < -0.3 is 55.0 Å². The molecule has 6 aliphatic rings. The van der Waals surface area contributed by atoms with Crippen LogP contribution < -0.4 is 26.0 Å². The average Bonchev–Trinajstić information content (AvgIpc) is 3.75. The number of nitrogens with one attached hydrogen (secondary N) is 4. The third-order valence-corrected chi connectivity index (χ3v) is 19.3. The van der Waals surface area contributed by atoms with E-state index >= 15 is 4.79 Å². The van der Waals surface area contributed by atoms with Crippen LogP contribution >= 0.6 is 0 Å². The largest absolute Gasteiger partial charge is 0.489 e. The predicted molar refractivity (Wildman–Crippen MR) is 297 cm³/mol. The van der Waals surface area contributed by atoms with Gasteiger partial charge in [-0.1, -0.05) is 84.0 Å². The van der Waals surface area contributed by atoms with Crippen molar-refractivity contribution in [1.82, 2.24) is 26.2 Å². The van der Waals surface area contributed by atoms with E-state index in [1.54, 1.807) is 37.8 Å². The average molecular weight is 1100 g/mol. The number of esters is 1. The summed E-state index contributed by atoms with van der Waals surface area (Å²) < 4.78 is 30.1. The minimum Gasteiger partial charge on any atom is -0.489 e. The van der Waals surface area contributed by atoms with Gasteiger partial charge in [-0.3, -0.25) is 24.0 Å². The number of carbonyl (C=O) groups is 6. The summed E-state index contributed by atoms with van der Waals surface area (Å²) in [5.41, 5.74) is 0.542. The number of aliphatic hydroxyl groups is 1. The molecule has 1 spiro atoms. The highest BCUT2D eigenvalue weighted by atomic mass is 16.7. The number of nitrogens with zero attached hydrogens (tertiary/aromatic N) is 1. The van der Waals surface area contributed by atoms with Crippen LogP contribution in [0.3, 0.4) is 0 Å². The molecule has 2 aromatic carbocycles. The van der Waals surface area contributed by atoms with Gasteiger partial charge in [-0.25, -0.2) is 4.79 Å². The van der Waals surface area contributed by atoms with Crippen molar-refractivity contribution < 1.29 is 57.6 Å². The number of ether oxygens (including phenoxy) is 5. The highest BCUT2D eigenvalue weighted by Crippen LogP contribution is 2.71. The molecule has 6 fully saturated rings. The molecule has 4 aliphatic carbocycles. The molecule has 8 rings (SSSR count). The van der Waals surface area contributed by atoms with Gasteiger partial charge in [0.2, 0.25) is 23.6 Å². The van der Waals surface area contributed by atoms with E-state index in [4.69, 9.17) is 23.7 Å². The zero-order valence-corrected chi connectivity index (χ0v) is 48.8.